The van der Waals surface area contributed by atoms with Gasteiger partial charge in [-0.15, -0.1) is 0 Å². The first-order chi connectivity index (χ1) is 8.84. The third-order valence-corrected chi connectivity index (χ3v) is 2.44. The van der Waals surface area contributed by atoms with E-state index in [1.807, 2.05) is 38.0 Å². The molecule has 0 heterocycles. The highest BCUT2D eigenvalue weighted by atomic mass is 32.2. The second-order valence-corrected chi connectivity index (χ2v) is 5.66. The largest absolute Gasteiger partial charge is 0.522 e. The minimum atomic E-state index is -5.84. The van der Waals surface area contributed by atoms with Crippen molar-refractivity contribution in [2.24, 2.45) is 4.99 Å². The average Bonchev–Trinajstić information content (AvgIpc) is 2.21. The summed E-state index contributed by atoms with van der Waals surface area (Å²) in [5.41, 5.74) is -5.53. The molecule has 0 amide bonds. The van der Waals surface area contributed by atoms with Crippen LogP contribution in [0.4, 0.5) is 13.2 Å². The van der Waals surface area contributed by atoms with Gasteiger partial charge in [-0.25, -0.2) is 0 Å². The Morgan fingerprint density at radius 2 is 1.50 bits per heavy atom. The fourth-order valence-electron chi connectivity index (χ4n) is 1.02. The Labute approximate surface area is 118 Å². The molecule has 0 aliphatic rings. The predicted molar refractivity (Wildman–Crippen MR) is 72.2 cm³/mol. The molecule has 0 saturated heterocycles. The second-order valence-electron chi connectivity index (χ2n) is 4.24. The maximum absolute atomic E-state index is 10.7. The lowest BCUT2D eigenvalue weighted by molar-refractivity contribution is -0.0510. The number of guanidine groups is 1. The zero-order valence-electron chi connectivity index (χ0n) is 12.3. The first-order valence-corrected chi connectivity index (χ1v) is 7.21. The highest BCUT2D eigenvalue weighted by Gasteiger charge is 2.44. The zero-order chi connectivity index (χ0) is 16.6. The fourth-order valence-corrected chi connectivity index (χ4v) is 1.02. The molecule has 122 valence electrons. The third kappa shape index (κ3) is 9.84. The molecule has 0 unspecified atom stereocenters. The van der Waals surface area contributed by atoms with E-state index in [0.717, 1.165) is 12.5 Å². The van der Waals surface area contributed by atoms with Crippen LogP contribution in [-0.2, 0) is 10.1 Å². The number of aliphatic imine (C=N–C) groups is 1. The molecule has 20 heavy (non-hydrogen) atoms. The number of hydrogen-bond acceptors (Lipinski definition) is 3. The van der Waals surface area contributed by atoms with Gasteiger partial charge < -0.3 is 9.80 Å². The van der Waals surface area contributed by atoms with Gasteiger partial charge in [-0.05, 0) is 6.42 Å². The van der Waals surface area contributed by atoms with Crippen molar-refractivity contribution in [3.05, 3.63) is 0 Å². The van der Waals surface area contributed by atoms with E-state index >= 15 is 0 Å². The Morgan fingerprint density at radius 1 is 1.15 bits per heavy atom. The molecule has 0 atom stereocenters. The monoisotopic (exact) mass is 321 g/mol. The van der Waals surface area contributed by atoms with E-state index in [1.54, 1.807) is 0 Å². The molecule has 0 aromatic heterocycles. The van der Waals surface area contributed by atoms with Crippen LogP contribution in [0.1, 0.15) is 19.8 Å². The summed E-state index contributed by atoms with van der Waals surface area (Å²) in [5.74, 6) is 1.04. The van der Waals surface area contributed by atoms with Gasteiger partial charge in [0.05, 0.1) is 0 Å². The summed E-state index contributed by atoms with van der Waals surface area (Å²) < 4.78 is 57.5. The lowest BCUT2D eigenvalue weighted by atomic mass is 10.3. The predicted octanol–water partition coefficient (Wildman–Crippen LogP) is 1.66. The van der Waals surface area contributed by atoms with Gasteiger partial charge in [0, 0.05) is 34.7 Å². The Kier molecular flexibility index (Phi) is 9.58. The summed E-state index contributed by atoms with van der Waals surface area (Å²) in [4.78, 5) is 8.56. The first-order valence-electron chi connectivity index (χ1n) is 5.77. The van der Waals surface area contributed by atoms with Crippen molar-refractivity contribution in [1.82, 2.24) is 9.80 Å². The van der Waals surface area contributed by atoms with E-state index in [4.69, 9.17) is 13.0 Å². The molecular formula is C10H22F3N3O3S. The number of alkyl halides is 3. The maximum atomic E-state index is 10.7. The van der Waals surface area contributed by atoms with Crippen molar-refractivity contribution in [2.75, 3.05) is 34.7 Å². The van der Waals surface area contributed by atoms with Gasteiger partial charge in [0.1, 0.15) is 0 Å². The average molecular weight is 321 g/mol. The normalized spacial score (nSPS) is 11.2. The Hall–Kier alpha value is -1.03. The van der Waals surface area contributed by atoms with Crippen molar-refractivity contribution < 1.29 is 26.1 Å². The molecule has 0 radical (unpaired) electrons. The van der Waals surface area contributed by atoms with Gasteiger partial charge >= 0.3 is 15.6 Å². The van der Waals surface area contributed by atoms with Crippen LogP contribution >= 0.6 is 0 Å². The Morgan fingerprint density at radius 3 is 1.70 bits per heavy atom. The van der Waals surface area contributed by atoms with Crippen LogP contribution in [0.2, 0.25) is 0 Å². The van der Waals surface area contributed by atoms with E-state index in [1.165, 1.54) is 12.8 Å². The fraction of sp³-hybridized carbons (Fsp3) is 0.900. The van der Waals surface area contributed by atoms with E-state index in [9.17, 15) is 13.2 Å². The standard InChI is InChI=1S/C9H21N3.CHF3O3S/c1-6-7-8-10-9(11(2)3)12(4)5;2-1(3,4)8(5,6)7/h6-8H2,1-5H3;(H,5,6,7). The molecule has 0 aliphatic carbocycles. The number of nitrogens with zero attached hydrogens (tertiary/aromatic N) is 3. The van der Waals surface area contributed by atoms with Gasteiger partial charge in [0.2, 0.25) is 0 Å². The minimum absolute atomic E-state index is 0.933. The van der Waals surface area contributed by atoms with E-state index < -0.39 is 15.6 Å². The van der Waals surface area contributed by atoms with Crippen LogP contribution in [0.5, 0.6) is 0 Å². The Bertz CT molecular complexity index is 382. The highest BCUT2D eigenvalue weighted by molar-refractivity contribution is 7.86. The molecule has 0 spiro atoms. The quantitative estimate of drug-likeness (QED) is 0.281. The van der Waals surface area contributed by atoms with Crippen LogP contribution < -0.4 is 0 Å². The summed E-state index contributed by atoms with van der Waals surface area (Å²) in [6.45, 7) is 3.11. The molecular weight excluding hydrogens is 299 g/mol. The third-order valence-electron chi connectivity index (χ3n) is 1.86. The molecule has 0 aromatic rings. The molecule has 6 nitrogen and oxygen atoms in total. The molecule has 1 N–H and O–H groups in total. The van der Waals surface area contributed by atoms with Crippen molar-refractivity contribution >= 4 is 16.1 Å². The van der Waals surface area contributed by atoms with Crippen LogP contribution in [0.25, 0.3) is 0 Å². The van der Waals surface area contributed by atoms with E-state index in [2.05, 4.69) is 11.9 Å². The minimum Gasteiger partial charge on any atom is -0.349 e. The topological polar surface area (TPSA) is 73.2 Å². The molecule has 0 bridgehead atoms. The van der Waals surface area contributed by atoms with Gasteiger partial charge in [0.25, 0.3) is 0 Å². The summed E-state index contributed by atoms with van der Waals surface area (Å²) in [6, 6.07) is 0. The van der Waals surface area contributed by atoms with E-state index in [0.29, 0.717) is 0 Å². The summed E-state index contributed by atoms with van der Waals surface area (Å²) >= 11 is 0. The summed E-state index contributed by atoms with van der Waals surface area (Å²) in [6.07, 6.45) is 2.38. The van der Waals surface area contributed by atoms with Crippen molar-refractivity contribution in [3.8, 4) is 0 Å². The summed E-state index contributed by atoms with van der Waals surface area (Å²) in [5, 5.41) is 0. The van der Waals surface area contributed by atoms with Crippen molar-refractivity contribution in [2.45, 2.75) is 25.3 Å². The van der Waals surface area contributed by atoms with E-state index in [-0.39, 0.29) is 0 Å². The van der Waals surface area contributed by atoms with Gasteiger partial charge in [-0.2, -0.15) is 21.6 Å². The molecule has 0 fully saturated rings. The van der Waals surface area contributed by atoms with Crippen molar-refractivity contribution in [1.29, 1.82) is 0 Å². The number of rotatable bonds is 3. The Balaban J connectivity index is 0. The maximum Gasteiger partial charge on any atom is 0.522 e. The molecule has 10 heteroatoms. The number of hydrogen-bond donors (Lipinski definition) is 1. The van der Waals surface area contributed by atoms with Crippen LogP contribution in [0, 0.1) is 0 Å². The van der Waals surface area contributed by atoms with Gasteiger partial charge in [-0.3, -0.25) is 9.55 Å². The van der Waals surface area contributed by atoms with Gasteiger partial charge in [0.15, 0.2) is 5.96 Å². The summed E-state index contributed by atoms with van der Waals surface area (Å²) in [7, 11) is 2.23. The highest BCUT2D eigenvalue weighted by Crippen LogP contribution is 2.20. The molecule has 0 rings (SSSR count). The molecule has 0 aromatic carbocycles. The number of unbranched alkanes of at least 4 members (excludes halogenated alkanes) is 1. The SMILES string of the molecule is CCCCN=C(N(C)C)N(C)C.O=S(=O)(O)C(F)(F)F. The molecule has 0 aliphatic heterocycles. The smallest absolute Gasteiger partial charge is 0.349 e. The van der Waals surface area contributed by atoms with Gasteiger partial charge in [-0.1, -0.05) is 13.3 Å². The number of halogens is 3. The van der Waals surface area contributed by atoms with Crippen LogP contribution in [-0.4, -0.2) is 69.0 Å². The van der Waals surface area contributed by atoms with Crippen LogP contribution in [0.3, 0.4) is 0 Å². The van der Waals surface area contributed by atoms with Crippen LogP contribution in [0.15, 0.2) is 4.99 Å². The van der Waals surface area contributed by atoms with Crippen molar-refractivity contribution in [3.63, 3.8) is 0 Å². The molecule has 0 saturated carbocycles. The lowest BCUT2D eigenvalue weighted by Crippen LogP contribution is -2.35. The second kappa shape index (κ2) is 9.01. The lowest BCUT2D eigenvalue weighted by Gasteiger charge is -2.22. The zero-order valence-corrected chi connectivity index (χ0v) is 13.1. The first kappa shape index (κ1) is 21.3.